The molecular weight excluding hydrogens is 366 g/mol. The first-order valence-corrected chi connectivity index (χ1v) is 9.26. The van der Waals surface area contributed by atoms with E-state index in [4.69, 9.17) is 5.26 Å². The van der Waals surface area contributed by atoms with E-state index in [9.17, 15) is 13.2 Å². The van der Waals surface area contributed by atoms with Gasteiger partial charge >= 0.3 is 5.97 Å². The molecule has 1 heterocycles. The largest absolute Gasteiger partial charge is 0.461 e. The monoisotopic (exact) mass is 379 g/mol. The number of rotatable bonds is 7. The summed E-state index contributed by atoms with van der Waals surface area (Å²) in [5.74, 6) is -0.843. The number of ether oxygens (including phenoxy) is 1. The highest BCUT2D eigenvalue weighted by molar-refractivity contribution is 7.93. The smallest absolute Gasteiger partial charge is 0.369 e. The van der Waals surface area contributed by atoms with Gasteiger partial charge in [-0.25, -0.2) is 18.2 Å². The number of aromatic nitrogens is 1. The van der Waals surface area contributed by atoms with E-state index >= 15 is 0 Å². The second-order valence-corrected chi connectivity index (χ2v) is 6.95. The second kappa shape index (κ2) is 8.22. The molecule has 1 aromatic carbocycles. The number of esters is 1. The lowest BCUT2D eigenvalue weighted by molar-refractivity contribution is -0.134. The van der Waals surface area contributed by atoms with Gasteiger partial charge in [-0.05, 0) is 31.2 Å². The molecule has 0 aliphatic heterocycles. The Balaban J connectivity index is 2.09. The predicted octanol–water partition coefficient (Wildman–Crippen LogP) is 1.80. The van der Waals surface area contributed by atoms with Gasteiger partial charge in [0.15, 0.2) is 5.13 Å². The first-order chi connectivity index (χ1) is 12.0. The molecule has 25 heavy (non-hydrogen) atoms. The summed E-state index contributed by atoms with van der Waals surface area (Å²) in [6, 6.07) is 7.21. The molecule has 0 saturated carbocycles. The van der Waals surface area contributed by atoms with Crippen LogP contribution in [0.3, 0.4) is 0 Å². The minimum Gasteiger partial charge on any atom is -0.461 e. The van der Waals surface area contributed by atoms with E-state index in [2.05, 4.69) is 25.0 Å². The van der Waals surface area contributed by atoms with Gasteiger partial charge in [0.25, 0.3) is 10.0 Å². The van der Waals surface area contributed by atoms with Crippen LogP contribution in [0.15, 0.2) is 45.8 Å². The zero-order valence-corrected chi connectivity index (χ0v) is 14.6. The van der Waals surface area contributed by atoms with Crippen molar-refractivity contribution >= 4 is 43.9 Å². The number of benzene rings is 1. The maximum atomic E-state index is 12.2. The van der Waals surface area contributed by atoms with Crippen molar-refractivity contribution in [2.75, 3.05) is 16.8 Å². The molecule has 2 N–H and O–H groups in total. The summed E-state index contributed by atoms with van der Waals surface area (Å²) in [5.41, 5.74) is 2.45. The van der Waals surface area contributed by atoms with Gasteiger partial charge in [0.1, 0.15) is 6.07 Å². The van der Waals surface area contributed by atoms with E-state index in [1.54, 1.807) is 18.4 Å². The standard InChI is InChI=1S/C14H13N5O4S2/c1-2-23-13(20)12(9-15)18-17-10-3-5-11(6-4-10)25(21,22)19-14-16-7-8-24-14/h3-8,17H,2H2,1H3,(H,16,19)/b18-12-. The molecule has 1 aromatic heterocycles. The number of carbonyl (C=O) groups excluding carboxylic acids is 1. The van der Waals surface area contributed by atoms with Gasteiger partial charge in [-0.1, -0.05) is 0 Å². The first-order valence-electron chi connectivity index (χ1n) is 6.89. The number of anilines is 2. The Bertz CT molecular complexity index is 900. The quantitative estimate of drug-likeness (QED) is 0.425. The highest BCUT2D eigenvalue weighted by Crippen LogP contribution is 2.19. The number of nitriles is 1. The van der Waals surface area contributed by atoms with Crippen LogP contribution in [0.2, 0.25) is 0 Å². The Morgan fingerprint density at radius 1 is 1.40 bits per heavy atom. The lowest BCUT2D eigenvalue weighted by atomic mass is 10.3. The van der Waals surface area contributed by atoms with Gasteiger partial charge in [-0.2, -0.15) is 10.4 Å². The molecule has 11 heteroatoms. The highest BCUT2D eigenvalue weighted by atomic mass is 32.2. The van der Waals surface area contributed by atoms with E-state index in [-0.39, 0.29) is 16.6 Å². The van der Waals surface area contributed by atoms with Crippen molar-refractivity contribution in [2.24, 2.45) is 5.10 Å². The predicted molar refractivity (Wildman–Crippen MR) is 92.7 cm³/mol. The Labute approximate surface area is 148 Å². The van der Waals surface area contributed by atoms with Gasteiger partial charge in [0, 0.05) is 11.6 Å². The van der Waals surface area contributed by atoms with Gasteiger partial charge in [-0.15, -0.1) is 11.3 Å². The van der Waals surface area contributed by atoms with Crippen molar-refractivity contribution in [3.63, 3.8) is 0 Å². The fourth-order valence-corrected chi connectivity index (χ4v) is 3.38. The number of nitrogens with one attached hydrogen (secondary N) is 2. The van der Waals surface area contributed by atoms with E-state index in [0.29, 0.717) is 5.69 Å². The van der Waals surface area contributed by atoms with Gasteiger partial charge in [0.05, 0.1) is 17.2 Å². The zero-order valence-electron chi connectivity index (χ0n) is 13.0. The van der Waals surface area contributed by atoms with Crippen LogP contribution in [0.4, 0.5) is 10.8 Å². The number of sulfonamides is 1. The maximum absolute atomic E-state index is 12.2. The van der Waals surface area contributed by atoms with Crippen LogP contribution in [0.25, 0.3) is 0 Å². The average Bonchev–Trinajstić information content (AvgIpc) is 3.08. The lowest BCUT2D eigenvalue weighted by Gasteiger charge is -2.06. The van der Waals surface area contributed by atoms with E-state index in [1.165, 1.54) is 30.5 Å². The number of hydrogen-bond acceptors (Lipinski definition) is 9. The van der Waals surface area contributed by atoms with Crippen molar-refractivity contribution in [2.45, 2.75) is 11.8 Å². The molecule has 9 nitrogen and oxygen atoms in total. The molecule has 0 saturated heterocycles. The molecular formula is C14H13N5O4S2. The second-order valence-electron chi connectivity index (χ2n) is 4.37. The molecule has 0 amide bonds. The Morgan fingerprint density at radius 3 is 2.68 bits per heavy atom. The summed E-state index contributed by atoms with van der Waals surface area (Å²) >= 11 is 1.16. The number of nitrogens with zero attached hydrogens (tertiary/aromatic N) is 3. The average molecular weight is 379 g/mol. The summed E-state index contributed by atoms with van der Waals surface area (Å²) in [7, 11) is -3.75. The fraction of sp³-hybridized carbons (Fsp3) is 0.143. The van der Waals surface area contributed by atoms with Crippen molar-refractivity contribution in [3.8, 4) is 6.07 Å². The van der Waals surface area contributed by atoms with Crippen molar-refractivity contribution in [1.29, 1.82) is 5.26 Å². The molecule has 2 rings (SSSR count). The van der Waals surface area contributed by atoms with Crippen molar-refractivity contribution in [3.05, 3.63) is 35.8 Å². The Kier molecular flexibility index (Phi) is 6.04. The van der Waals surface area contributed by atoms with Crippen LogP contribution >= 0.6 is 11.3 Å². The van der Waals surface area contributed by atoms with Crippen molar-refractivity contribution in [1.82, 2.24) is 4.98 Å². The third kappa shape index (κ3) is 5.00. The molecule has 2 aromatic rings. The summed E-state index contributed by atoms with van der Waals surface area (Å²) < 4.78 is 31.4. The van der Waals surface area contributed by atoms with Crippen LogP contribution in [-0.2, 0) is 19.6 Å². The topological polar surface area (TPSA) is 134 Å². The number of hydrazone groups is 1. The van der Waals surface area contributed by atoms with E-state index in [1.807, 2.05) is 0 Å². The van der Waals surface area contributed by atoms with Gasteiger partial charge in [-0.3, -0.25) is 10.1 Å². The molecule has 0 radical (unpaired) electrons. The molecule has 0 atom stereocenters. The molecule has 0 aliphatic rings. The Morgan fingerprint density at radius 2 is 2.12 bits per heavy atom. The summed E-state index contributed by atoms with van der Waals surface area (Å²) in [6.07, 6.45) is 1.49. The molecule has 0 unspecified atom stereocenters. The Hall–Kier alpha value is -2.97. The molecule has 130 valence electrons. The van der Waals surface area contributed by atoms with Crippen LogP contribution in [0.1, 0.15) is 6.92 Å². The normalized spacial score (nSPS) is 11.4. The SMILES string of the molecule is CCOC(=O)/C(C#N)=N\Nc1ccc(S(=O)(=O)Nc2nccs2)cc1. The van der Waals surface area contributed by atoms with Gasteiger partial charge in [0.2, 0.25) is 5.71 Å². The van der Waals surface area contributed by atoms with Crippen LogP contribution in [0.5, 0.6) is 0 Å². The minimum absolute atomic E-state index is 0.0307. The molecule has 0 spiro atoms. The molecule has 0 aliphatic carbocycles. The lowest BCUT2D eigenvalue weighted by Crippen LogP contribution is -2.17. The molecule has 0 fully saturated rings. The van der Waals surface area contributed by atoms with Crippen LogP contribution < -0.4 is 10.1 Å². The number of hydrogen-bond donors (Lipinski definition) is 2. The maximum Gasteiger partial charge on any atom is 0.369 e. The fourth-order valence-electron chi connectivity index (χ4n) is 1.59. The van der Waals surface area contributed by atoms with Gasteiger partial charge < -0.3 is 4.74 Å². The highest BCUT2D eigenvalue weighted by Gasteiger charge is 2.15. The van der Waals surface area contributed by atoms with E-state index in [0.717, 1.165) is 11.3 Å². The van der Waals surface area contributed by atoms with Crippen LogP contribution in [-0.4, -0.2) is 31.7 Å². The van der Waals surface area contributed by atoms with E-state index < -0.39 is 21.7 Å². The third-order valence-electron chi connectivity index (χ3n) is 2.69. The number of carbonyl (C=O) groups is 1. The summed E-state index contributed by atoms with van der Waals surface area (Å²) in [5, 5.41) is 14.4. The van der Waals surface area contributed by atoms with Crippen LogP contribution in [0, 0.1) is 11.3 Å². The number of thiazole rings is 1. The first kappa shape index (κ1) is 18.4. The summed E-state index contributed by atoms with van der Waals surface area (Å²) in [4.78, 5) is 15.3. The third-order valence-corrected chi connectivity index (χ3v) is 4.86. The minimum atomic E-state index is -3.75. The molecule has 0 bridgehead atoms. The summed E-state index contributed by atoms with van der Waals surface area (Å²) in [6.45, 7) is 1.73. The van der Waals surface area contributed by atoms with Crippen molar-refractivity contribution < 1.29 is 17.9 Å². The zero-order chi connectivity index (χ0) is 18.3.